The molecule has 2 heteroatoms. The summed E-state index contributed by atoms with van der Waals surface area (Å²) >= 11 is 0. The van der Waals surface area contributed by atoms with Crippen molar-refractivity contribution in [3.05, 3.63) is 22.8 Å². The van der Waals surface area contributed by atoms with E-state index in [1.165, 1.54) is 19.3 Å². The minimum absolute atomic E-state index is 0.0712. The van der Waals surface area contributed by atoms with E-state index >= 15 is 0 Å². The molecule has 1 fully saturated rings. The Labute approximate surface area is 74.2 Å². The van der Waals surface area contributed by atoms with Crippen molar-refractivity contribution in [1.82, 2.24) is 0 Å². The van der Waals surface area contributed by atoms with Crippen molar-refractivity contribution in [2.24, 2.45) is 5.41 Å². The normalized spacial score (nSPS) is 20.8. The Hall–Kier alpha value is -1.02. The zero-order valence-corrected chi connectivity index (χ0v) is 7.34. The van der Waals surface area contributed by atoms with E-state index in [0.29, 0.717) is 13.1 Å². The van der Waals surface area contributed by atoms with Crippen molar-refractivity contribution in [1.29, 1.82) is 0 Å². The molecule has 0 aliphatic heterocycles. The van der Waals surface area contributed by atoms with E-state index in [1.54, 1.807) is 0 Å². The molecule has 0 atom stereocenters. The second-order valence-electron chi connectivity index (χ2n) is 3.69. The molecule has 0 spiro atoms. The molecule has 0 aromatic rings. The summed E-state index contributed by atoms with van der Waals surface area (Å²) in [7, 11) is 0. The highest BCUT2D eigenvalue weighted by Gasteiger charge is 2.38. The highest BCUT2D eigenvalue weighted by Crippen LogP contribution is 2.36. The minimum Gasteiger partial charge on any atom is -0.316 e. The molecule has 0 radical (unpaired) electrons. The molecule has 0 unspecified atom stereocenters. The summed E-state index contributed by atoms with van der Waals surface area (Å²) in [6.07, 6.45) is 5.91. The van der Waals surface area contributed by atoms with Crippen molar-refractivity contribution in [2.75, 3.05) is 13.1 Å². The largest absolute Gasteiger partial charge is 0.316 e. The lowest BCUT2D eigenvalue weighted by atomic mass is 9.74. The predicted octanol–water partition coefficient (Wildman–Crippen LogP) is 2.78. The van der Waals surface area contributed by atoms with Gasteiger partial charge in [-0.2, -0.15) is 0 Å². The SMILES string of the molecule is [C-]#[N+]CC1(C[N+]#[C-])CCCCC1. The minimum atomic E-state index is 0.0712. The number of rotatable bonds is 2. The van der Waals surface area contributed by atoms with Crippen molar-refractivity contribution < 1.29 is 0 Å². The molecule has 0 aromatic carbocycles. The first-order valence-electron chi connectivity index (χ1n) is 4.49. The van der Waals surface area contributed by atoms with Gasteiger partial charge in [-0.05, 0) is 12.8 Å². The van der Waals surface area contributed by atoms with Gasteiger partial charge in [0, 0.05) is 0 Å². The maximum atomic E-state index is 6.86. The second kappa shape index (κ2) is 4.12. The molecular weight excluding hydrogens is 148 g/mol. The van der Waals surface area contributed by atoms with Crippen LogP contribution in [0.25, 0.3) is 9.69 Å². The quantitative estimate of drug-likeness (QED) is 0.552. The van der Waals surface area contributed by atoms with Gasteiger partial charge in [0.1, 0.15) is 5.41 Å². The first kappa shape index (κ1) is 9.07. The van der Waals surface area contributed by atoms with Crippen molar-refractivity contribution in [3.8, 4) is 0 Å². The first-order chi connectivity index (χ1) is 5.83. The third-order valence-electron chi connectivity index (χ3n) is 2.74. The monoisotopic (exact) mass is 162 g/mol. The number of hydrogen-bond donors (Lipinski definition) is 0. The second-order valence-corrected chi connectivity index (χ2v) is 3.69. The lowest BCUT2D eigenvalue weighted by molar-refractivity contribution is 0.233. The molecule has 0 heterocycles. The fourth-order valence-electron chi connectivity index (χ4n) is 2.00. The predicted molar refractivity (Wildman–Crippen MR) is 48.5 cm³/mol. The number of nitrogens with zero attached hydrogens (tertiary/aromatic N) is 2. The molecule has 2 nitrogen and oxygen atoms in total. The third-order valence-corrected chi connectivity index (χ3v) is 2.74. The van der Waals surface area contributed by atoms with E-state index < -0.39 is 0 Å². The Bertz CT molecular complexity index is 195. The molecule has 64 valence electrons. The van der Waals surface area contributed by atoms with E-state index in [1.807, 2.05) is 0 Å². The summed E-state index contributed by atoms with van der Waals surface area (Å²) < 4.78 is 0. The maximum Gasteiger partial charge on any atom is 0.227 e. The summed E-state index contributed by atoms with van der Waals surface area (Å²) in [6.45, 7) is 14.9. The summed E-state index contributed by atoms with van der Waals surface area (Å²) in [5, 5.41) is 0. The molecular formula is C10H14N2. The Kier molecular flexibility index (Phi) is 3.11. The van der Waals surface area contributed by atoms with Gasteiger partial charge in [-0.25, -0.2) is 13.1 Å². The zero-order valence-electron chi connectivity index (χ0n) is 7.34. The van der Waals surface area contributed by atoms with Gasteiger partial charge in [-0.3, -0.25) is 0 Å². The van der Waals surface area contributed by atoms with Crippen LogP contribution in [-0.2, 0) is 0 Å². The Morgan fingerprint density at radius 3 is 1.83 bits per heavy atom. The van der Waals surface area contributed by atoms with Gasteiger partial charge in [0.25, 0.3) is 0 Å². The van der Waals surface area contributed by atoms with Crippen LogP contribution in [-0.4, -0.2) is 13.1 Å². The summed E-state index contributed by atoms with van der Waals surface area (Å²) in [4.78, 5) is 6.91. The highest BCUT2D eigenvalue weighted by atomic mass is 14.7. The summed E-state index contributed by atoms with van der Waals surface area (Å²) in [6, 6.07) is 0. The molecule has 1 aliphatic carbocycles. The highest BCUT2D eigenvalue weighted by molar-refractivity contribution is 4.93. The lowest BCUT2D eigenvalue weighted by Gasteiger charge is -2.27. The molecule has 1 saturated carbocycles. The fourth-order valence-corrected chi connectivity index (χ4v) is 2.00. The lowest BCUT2D eigenvalue weighted by Crippen LogP contribution is -2.29. The molecule has 0 aromatic heterocycles. The van der Waals surface area contributed by atoms with Gasteiger partial charge >= 0.3 is 0 Å². The Morgan fingerprint density at radius 2 is 1.42 bits per heavy atom. The summed E-state index contributed by atoms with van der Waals surface area (Å²) in [5.41, 5.74) is 0.0712. The topological polar surface area (TPSA) is 8.72 Å². The smallest absolute Gasteiger partial charge is 0.227 e. The molecule has 12 heavy (non-hydrogen) atoms. The van der Waals surface area contributed by atoms with E-state index in [-0.39, 0.29) is 5.41 Å². The Morgan fingerprint density at radius 1 is 0.917 bits per heavy atom. The van der Waals surface area contributed by atoms with Crippen LogP contribution in [0, 0.1) is 18.6 Å². The molecule has 1 rings (SSSR count). The van der Waals surface area contributed by atoms with Gasteiger partial charge in [-0.15, -0.1) is 0 Å². The third kappa shape index (κ3) is 1.98. The van der Waals surface area contributed by atoms with Crippen LogP contribution < -0.4 is 0 Å². The van der Waals surface area contributed by atoms with Gasteiger partial charge in [0.2, 0.25) is 13.1 Å². The van der Waals surface area contributed by atoms with Crippen LogP contribution in [0.15, 0.2) is 0 Å². The van der Waals surface area contributed by atoms with Crippen LogP contribution in [0.4, 0.5) is 0 Å². The van der Waals surface area contributed by atoms with Crippen molar-refractivity contribution >= 4 is 0 Å². The first-order valence-corrected chi connectivity index (χ1v) is 4.49. The van der Waals surface area contributed by atoms with Crippen LogP contribution >= 0.6 is 0 Å². The van der Waals surface area contributed by atoms with Gasteiger partial charge < -0.3 is 9.69 Å². The Balaban J connectivity index is 2.58. The average molecular weight is 162 g/mol. The fraction of sp³-hybridized carbons (Fsp3) is 0.800. The van der Waals surface area contributed by atoms with E-state index in [2.05, 4.69) is 9.69 Å². The van der Waals surface area contributed by atoms with Crippen LogP contribution in [0.1, 0.15) is 32.1 Å². The maximum absolute atomic E-state index is 6.86. The summed E-state index contributed by atoms with van der Waals surface area (Å²) in [5.74, 6) is 0. The molecule has 1 aliphatic rings. The van der Waals surface area contributed by atoms with Crippen LogP contribution in [0.2, 0.25) is 0 Å². The molecule has 0 saturated heterocycles. The molecule has 0 bridgehead atoms. The van der Waals surface area contributed by atoms with E-state index in [9.17, 15) is 0 Å². The number of hydrogen-bond acceptors (Lipinski definition) is 0. The van der Waals surface area contributed by atoms with E-state index in [4.69, 9.17) is 13.1 Å². The van der Waals surface area contributed by atoms with Crippen molar-refractivity contribution in [2.45, 2.75) is 32.1 Å². The van der Waals surface area contributed by atoms with Gasteiger partial charge in [0.05, 0.1) is 0 Å². The average Bonchev–Trinajstić information content (AvgIpc) is 2.07. The van der Waals surface area contributed by atoms with Gasteiger partial charge in [0.15, 0.2) is 0 Å². The molecule has 0 N–H and O–H groups in total. The zero-order chi connectivity index (χ0) is 8.86. The standard InChI is InChI=1S/C10H14N2/c1-11-8-10(9-12-2)6-4-3-5-7-10/h3-9H2. The molecule has 0 amide bonds. The van der Waals surface area contributed by atoms with Gasteiger partial charge in [-0.1, -0.05) is 19.3 Å². The van der Waals surface area contributed by atoms with Crippen LogP contribution in [0.5, 0.6) is 0 Å². The van der Waals surface area contributed by atoms with Crippen LogP contribution in [0.3, 0.4) is 0 Å². The van der Waals surface area contributed by atoms with Crippen molar-refractivity contribution in [3.63, 3.8) is 0 Å². The van der Waals surface area contributed by atoms with E-state index in [0.717, 1.165) is 12.8 Å².